The minimum Gasteiger partial charge on any atom is -0.480 e. The highest BCUT2D eigenvalue weighted by molar-refractivity contribution is 7.80. The molecule has 29 heteroatoms. The van der Waals surface area contributed by atoms with Gasteiger partial charge in [0.15, 0.2) is 11.9 Å². The average molecular weight is 1100 g/mol. The molecule has 0 saturated carbocycles. The second-order valence-electron chi connectivity index (χ2n) is 19.1. The third-order valence-corrected chi connectivity index (χ3v) is 13.3. The number of aliphatic imine (C=N–C) groups is 2. The Balaban J connectivity index is 3.39. The highest BCUT2D eigenvalue weighted by atomic mass is 32.1. The van der Waals surface area contributed by atoms with Gasteiger partial charge in [-0.2, -0.15) is 25.3 Å². The summed E-state index contributed by atoms with van der Waals surface area (Å²) in [6.07, 6.45) is 1.45. The lowest BCUT2D eigenvalue weighted by Gasteiger charge is -2.31. The molecule has 0 unspecified atom stereocenters. The Bertz CT molecular complexity index is 2010. The van der Waals surface area contributed by atoms with Gasteiger partial charge >= 0.3 is 5.97 Å². The largest absolute Gasteiger partial charge is 0.480 e. The van der Waals surface area contributed by atoms with Gasteiger partial charge in [0, 0.05) is 37.6 Å². The zero-order chi connectivity index (χ0) is 57.1. The number of amides is 9. The first-order valence-electron chi connectivity index (χ1n) is 25.2. The number of rotatable bonds is 35. The van der Waals surface area contributed by atoms with Gasteiger partial charge in [0.05, 0.1) is 6.04 Å². The third-order valence-electron chi connectivity index (χ3n) is 12.6. The Labute approximate surface area is 449 Å². The zero-order valence-corrected chi connectivity index (χ0v) is 45.8. The topological polar surface area (TPSA) is 459 Å². The van der Waals surface area contributed by atoms with Gasteiger partial charge in [0.25, 0.3) is 0 Å². The molecule has 1 heterocycles. The maximum absolute atomic E-state index is 14.3. The van der Waals surface area contributed by atoms with Crippen LogP contribution in [0.4, 0.5) is 0 Å². The SMILES string of the molecule is CC[C@H](C)[C@H](NC(=O)[C@H](CS)NC(=O)[C@@H](N)CCCN=C(N)N)C(=O)N[C@H](C(=O)N[C@@H](CS)C(=O)N[C@@H](CCC(N)=O)C(=O)N[C@@H](CCCN=C(N)N)C(=O)N1CCC[C@H]1C(=O)N[C@@H](CC(C)C)C(=O)O)[C@@H](C)CC. The lowest BCUT2D eigenvalue weighted by molar-refractivity contribution is -0.145. The summed E-state index contributed by atoms with van der Waals surface area (Å²) < 4.78 is 0. The van der Waals surface area contributed by atoms with Crippen LogP contribution in [0.3, 0.4) is 0 Å². The van der Waals surface area contributed by atoms with Gasteiger partial charge in [-0.15, -0.1) is 0 Å². The number of nitrogens with two attached hydrogens (primary N) is 6. The molecule has 1 aliphatic heterocycles. The molecule has 1 aliphatic rings. The van der Waals surface area contributed by atoms with Crippen molar-refractivity contribution < 1.29 is 53.1 Å². The summed E-state index contributed by atoms with van der Waals surface area (Å²) in [7, 11) is 0. The first kappa shape index (κ1) is 66.9. The Morgan fingerprint density at radius 2 is 1.05 bits per heavy atom. The van der Waals surface area contributed by atoms with Gasteiger partial charge in [0.2, 0.25) is 53.2 Å². The van der Waals surface area contributed by atoms with E-state index in [9.17, 15) is 53.1 Å². The van der Waals surface area contributed by atoms with Gasteiger partial charge in [-0.05, 0) is 69.1 Å². The van der Waals surface area contributed by atoms with Crippen LogP contribution in [0.1, 0.15) is 112 Å². The quantitative estimate of drug-likeness (QED) is 0.0125. The van der Waals surface area contributed by atoms with E-state index >= 15 is 0 Å². The minimum absolute atomic E-state index is 0.0500. The number of likely N-dealkylation sites (tertiary alicyclic amines) is 1. The zero-order valence-electron chi connectivity index (χ0n) is 44.0. The Hall–Kier alpha value is -6.10. The number of carboxylic acid groups (broad SMARTS) is 1. The van der Waals surface area contributed by atoms with E-state index in [1.165, 1.54) is 4.90 Å². The summed E-state index contributed by atoms with van der Waals surface area (Å²) in [5.41, 5.74) is 33.1. The molecule has 0 spiro atoms. The fraction of sp³-hybridized carbons (Fsp3) is 0.739. The molecule has 11 atom stereocenters. The van der Waals surface area contributed by atoms with E-state index in [0.29, 0.717) is 25.7 Å². The highest BCUT2D eigenvalue weighted by Gasteiger charge is 2.40. The first-order chi connectivity index (χ1) is 35.2. The predicted octanol–water partition coefficient (Wildman–Crippen LogP) is -3.85. The highest BCUT2D eigenvalue weighted by Crippen LogP contribution is 2.21. The fourth-order valence-electron chi connectivity index (χ4n) is 7.80. The monoisotopic (exact) mass is 1100 g/mol. The van der Waals surface area contributed by atoms with Crippen molar-refractivity contribution in [3.63, 3.8) is 0 Å². The van der Waals surface area contributed by atoms with Crippen LogP contribution in [-0.2, 0) is 47.9 Å². The summed E-state index contributed by atoms with van der Waals surface area (Å²) in [4.78, 5) is 143. The van der Waals surface area contributed by atoms with Crippen LogP contribution in [0.2, 0.25) is 0 Å². The van der Waals surface area contributed by atoms with Crippen molar-refractivity contribution in [2.75, 3.05) is 31.1 Å². The van der Waals surface area contributed by atoms with Crippen LogP contribution in [0.5, 0.6) is 0 Å². The van der Waals surface area contributed by atoms with E-state index in [-0.39, 0.29) is 87.5 Å². The molecular formula is C46H84N16O11S2. The number of nitrogens with zero attached hydrogens (tertiary/aromatic N) is 3. The fourth-order valence-corrected chi connectivity index (χ4v) is 8.32. The molecule has 75 heavy (non-hydrogen) atoms. The van der Waals surface area contributed by atoms with Gasteiger partial charge in [-0.3, -0.25) is 53.1 Å². The van der Waals surface area contributed by atoms with Gasteiger partial charge in [-0.1, -0.05) is 54.4 Å². The molecule has 0 aromatic heterocycles. The molecule has 0 aromatic rings. The van der Waals surface area contributed by atoms with Crippen molar-refractivity contribution in [2.24, 2.45) is 62.1 Å². The lowest BCUT2D eigenvalue weighted by atomic mass is 9.94. The van der Waals surface area contributed by atoms with Gasteiger partial charge in [0.1, 0.15) is 48.3 Å². The summed E-state index contributed by atoms with van der Waals surface area (Å²) in [5, 5.41) is 27.9. The maximum Gasteiger partial charge on any atom is 0.326 e. The van der Waals surface area contributed by atoms with Crippen molar-refractivity contribution in [2.45, 2.75) is 167 Å². The number of carbonyl (C=O) groups excluding carboxylic acids is 9. The van der Waals surface area contributed by atoms with E-state index in [4.69, 9.17) is 34.4 Å². The Morgan fingerprint density at radius 3 is 1.53 bits per heavy atom. The van der Waals surface area contributed by atoms with Crippen molar-refractivity contribution in [1.29, 1.82) is 0 Å². The lowest BCUT2D eigenvalue weighted by Crippen LogP contribution is -2.62. The van der Waals surface area contributed by atoms with Crippen molar-refractivity contribution in [1.82, 2.24) is 42.1 Å². The summed E-state index contributed by atoms with van der Waals surface area (Å²) in [5.74, 6) is -10.1. The molecule has 1 fully saturated rings. The van der Waals surface area contributed by atoms with Crippen LogP contribution < -0.4 is 71.6 Å². The molecule has 0 aliphatic carbocycles. The van der Waals surface area contributed by atoms with Gasteiger partial charge in [-0.25, -0.2) is 4.79 Å². The van der Waals surface area contributed by atoms with Crippen LogP contribution in [0.15, 0.2) is 9.98 Å². The average Bonchev–Trinajstić information content (AvgIpc) is 3.85. The number of nitrogens with one attached hydrogen (secondary N) is 7. The summed E-state index contributed by atoms with van der Waals surface area (Å²) >= 11 is 8.51. The predicted molar refractivity (Wildman–Crippen MR) is 288 cm³/mol. The number of carbonyl (C=O) groups is 10. The summed E-state index contributed by atoms with van der Waals surface area (Å²) in [6.45, 7) is 10.9. The van der Waals surface area contributed by atoms with E-state index in [1.54, 1.807) is 41.5 Å². The second kappa shape index (κ2) is 34.5. The maximum atomic E-state index is 14.3. The standard InChI is InChI=1S/C46H84N16O11S2/c1-7-24(5)34(61-42(70)35(25(6)8-2)60-39(67)31(22-75)58-36(64)26(47)12-9-17-53-45(49)50)41(69)59-30(21-74)38(66)55-27(15-16-33(48)63)37(65)56-28(13-10-18-54-46(51)52)43(71)62-19-11-14-32(62)40(68)57-29(44(72)73)20-23(3)4/h23-32,34-35,74-75H,7-22,47H2,1-6H3,(H2,48,63)(H,55,66)(H,56,65)(H,57,68)(H,58,64)(H,59,69)(H,60,67)(H,61,70)(H,72,73)(H4,49,50,53)(H4,51,52,54)/t24-,25-,26-,27-,28-,29-,30-,31-,32-,34-,35-/m0/s1. The molecule has 20 N–H and O–H groups in total. The molecule has 1 rings (SSSR count). The molecule has 1 saturated heterocycles. The molecule has 0 radical (unpaired) electrons. The smallest absolute Gasteiger partial charge is 0.326 e. The number of guanidine groups is 2. The number of carboxylic acids is 1. The van der Waals surface area contributed by atoms with E-state index in [0.717, 1.165) is 0 Å². The Kier molecular flexibility index (Phi) is 30.8. The van der Waals surface area contributed by atoms with E-state index < -0.39 is 132 Å². The second-order valence-corrected chi connectivity index (χ2v) is 19.8. The van der Waals surface area contributed by atoms with Crippen molar-refractivity contribution in [3.05, 3.63) is 0 Å². The summed E-state index contributed by atoms with van der Waals surface area (Å²) in [6, 6.07) is -11.3. The number of hydrogen-bond donors (Lipinski definition) is 16. The molecule has 27 nitrogen and oxygen atoms in total. The van der Waals surface area contributed by atoms with Crippen molar-refractivity contribution >= 4 is 96.3 Å². The number of primary amides is 1. The van der Waals surface area contributed by atoms with Gasteiger partial charge < -0.3 is 81.6 Å². The number of aliphatic carboxylic acids is 1. The molecule has 0 bridgehead atoms. The van der Waals surface area contributed by atoms with Crippen LogP contribution in [0, 0.1) is 17.8 Å². The molecule has 426 valence electrons. The molecule has 9 amide bonds. The molecular weight excluding hydrogens is 1020 g/mol. The third kappa shape index (κ3) is 24.0. The van der Waals surface area contributed by atoms with E-state index in [1.807, 2.05) is 0 Å². The first-order valence-corrected chi connectivity index (χ1v) is 26.5. The normalized spacial score (nSPS) is 17.1. The number of thiol groups is 2. The van der Waals surface area contributed by atoms with Crippen molar-refractivity contribution in [3.8, 4) is 0 Å². The van der Waals surface area contributed by atoms with Crippen LogP contribution in [-0.4, -0.2) is 167 Å². The van der Waals surface area contributed by atoms with Crippen LogP contribution >= 0.6 is 25.3 Å². The number of hydrogen-bond acceptors (Lipinski definition) is 15. The van der Waals surface area contributed by atoms with Crippen LogP contribution in [0.25, 0.3) is 0 Å². The minimum atomic E-state index is -1.52. The Morgan fingerprint density at radius 1 is 0.600 bits per heavy atom. The molecule has 0 aromatic carbocycles. The van der Waals surface area contributed by atoms with E-state index in [2.05, 4.69) is 72.5 Å².